The summed E-state index contributed by atoms with van der Waals surface area (Å²) in [6.07, 6.45) is 0. The first kappa shape index (κ1) is 42.3. The van der Waals surface area contributed by atoms with E-state index >= 15 is 0 Å². The molecule has 0 aliphatic carbocycles. The van der Waals surface area contributed by atoms with Crippen LogP contribution in [-0.2, 0) is 62.2 Å². The molecule has 4 heteroatoms. The second kappa shape index (κ2) is 21.8. The fourth-order valence-electron chi connectivity index (χ4n) is 0. The van der Waals surface area contributed by atoms with Gasteiger partial charge in [0.15, 0.2) is 0 Å². The van der Waals surface area contributed by atoms with Crippen LogP contribution in [0.25, 0.3) is 0 Å². The molecule has 0 saturated carbocycles. The van der Waals surface area contributed by atoms with E-state index < -0.39 is 0 Å². The zero-order valence-corrected chi connectivity index (χ0v) is 6.13. The maximum Gasteiger partial charge on any atom is 4.00 e. The van der Waals surface area contributed by atoms with Crippen molar-refractivity contribution in [3.8, 4) is 0 Å². The van der Waals surface area contributed by atoms with E-state index in [0.29, 0.717) is 0 Å². The van der Waals surface area contributed by atoms with Crippen molar-refractivity contribution in [2.24, 2.45) is 0 Å². The minimum atomic E-state index is 0. The largest absolute Gasteiger partial charge is 4.00 e. The van der Waals surface area contributed by atoms with Crippen LogP contribution < -0.4 is 0 Å². The fraction of sp³-hybridized carbons (Fsp3) is 0. The molecule has 0 aromatic rings. The van der Waals surface area contributed by atoms with Gasteiger partial charge in [-0.3, -0.25) is 0 Å². The van der Waals surface area contributed by atoms with Gasteiger partial charge in [0.05, 0.1) is 0 Å². The van der Waals surface area contributed by atoms with Crippen molar-refractivity contribution < 1.29 is 62.2 Å². The number of hydrogen-bond donors (Lipinski definition) is 0. The van der Waals surface area contributed by atoms with Gasteiger partial charge in [0.25, 0.3) is 0 Å². The Morgan fingerprint density at radius 1 is 1.00 bits per heavy atom. The molecule has 0 saturated heterocycles. The molecular weight excluding hydrogens is 219 g/mol. The number of rotatable bonds is 0. The third-order valence-corrected chi connectivity index (χ3v) is 0. The normalized spacial score (nSPS) is 0. The molecule has 1 radical (unpaired) electrons. The van der Waals surface area contributed by atoms with E-state index in [1.54, 1.807) is 0 Å². The first-order valence-electron chi connectivity index (χ1n) is 0. The van der Waals surface area contributed by atoms with E-state index in [0.717, 1.165) is 0 Å². The molecule has 0 aliphatic heterocycles. The molecule has 0 unspecified atom stereocenters. The molecule has 0 rings (SSSR count). The molecule has 0 aromatic carbocycles. The quantitative estimate of drug-likeness (QED) is 0.507. The molecular formula is FeMoOV+4. The molecule has 0 bridgehead atoms. The first-order chi connectivity index (χ1) is 0. The van der Waals surface area contributed by atoms with Gasteiger partial charge in [-0.05, 0) is 0 Å². The molecule has 0 atom stereocenters. The first-order valence-corrected chi connectivity index (χ1v) is 0. The van der Waals surface area contributed by atoms with Crippen LogP contribution in [0.15, 0.2) is 0 Å². The Kier molecular flexibility index (Phi) is 231. The Hall–Kier alpha value is 1.75. The van der Waals surface area contributed by atoms with E-state index in [-0.39, 0.29) is 62.2 Å². The van der Waals surface area contributed by atoms with Gasteiger partial charge in [-0.1, -0.05) is 0 Å². The second-order valence-electron chi connectivity index (χ2n) is 0. The zero-order chi connectivity index (χ0) is 0. The fourth-order valence-corrected chi connectivity index (χ4v) is 0. The van der Waals surface area contributed by atoms with Gasteiger partial charge in [-0.2, -0.15) is 0 Å². The van der Waals surface area contributed by atoms with Gasteiger partial charge in [0.2, 0.25) is 0 Å². The summed E-state index contributed by atoms with van der Waals surface area (Å²) in [5.41, 5.74) is 0. The predicted octanol–water partition coefficient (Wildman–Crippen LogP) is -0.126. The predicted molar refractivity (Wildman–Crippen MR) is 0.686 cm³/mol. The summed E-state index contributed by atoms with van der Waals surface area (Å²) >= 11 is 0. The van der Waals surface area contributed by atoms with Gasteiger partial charge in [0.1, 0.15) is 0 Å². The zero-order valence-electron chi connectivity index (χ0n) is 1.62. The van der Waals surface area contributed by atoms with E-state index in [1.807, 2.05) is 0 Å². The van der Waals surface area contributed by atoms with E-state index in [9.17, 15) is 0 Å². The summed E-state index contributed by atoms with van der Waals surface area (Å²) in [7, 11) is 0. The average Bonchev–Trinajstić information content (AvgIpc) is 0. The number of hydrogen-bond acceptors (Lipinski definition) is 0. The summed E-state index contributed by atoms with van der Waals surface area (Å²) < 4.78 is 0. The van der Waals surface area contributed by atoms with Gasteiger partial charge in [-0.25, -0.2) is 0 Å². The minimum absolute atomic E-state index is 0. The topological polar surface area (TPSA) is 28.5 Å². The van der Waals surface area contributed by atoms with Crippen LogP contribution in [0.3, 0.4) is 0 Å². The Morgan fingerprint density at radius 3 is 1.00 bits per heavy atom. The third kappa shape index (κ3) is 9.26. The minimum Gasteiger partial charge on any atom is -2.00 e. The van der Waals surface area contributed by atoms with Gasteiger partial charge < -0.3 is 5.48 Å². The van der Waals surface area contributed by atoms with Gasteiger partial charge >= 0.3 is 38.1 Å². The molecule has 0 aromatic heterocycles. The maximum absolute atomic E-state index is 0. The summed E-state index contributed by atoms with van der Waals surface area (Å²) in [4.78, 5) is 0. The standard InChI is InChI=1S/Fe.Mo.O.V/q+2;+4;-2;. The van der Waals surface area contributed by atoms with Crippen LogP contribution in [0.2, 0.25) is 0 Å². The SMILES string of the molecule is [Fe+2].[Mo+4].[O-2].[V]. The van der Waals surface area contributed by atoms with Crippen molar-refractivity contribution in [3.63, 3.8) is 0 Å². The molecule has 1 nitrogen and oxygen atoms in total. The van der Waals surface area contributed by atoms with Crippen molar-refractivity contribution in [1.29, 1.82) is 0 Å². The Morgan fingerprint density at radius 2 is 1.00 bits per heavy atom. The Labute approximate surface area is 61.8 Å². The molecule has 21 valence electrons. The average molecular weight is 219 g/mol. The molecule has 0 aliphatic rings. The summed E-state index contributed by atoms with van der Waals surface area (Å²) in [5.74, 6) is 0. The van der Waals surface area contributed by atoms with Crippen LogP contribution in [0.4, 0.5) is 0 Å². The maximum atomic E-state index is 0. The van der Waals surface area contributed by atoms with Crippen LogP contribution >= 0.6 is 0 Å². The molecule has 0 heterocycles. The van der Waals surface area contributed by atoms with Crippen molar-refractivity contribution in [2.75, 3.05) is 0 Å². The smallest absolute Gasteiger partial charge is 2.00 e. The Balaban J connectivity index is 0. The molecule has 4 heavy (non-hydrogen) atoms. The van der Waals surface area contributed by atoms with Crippen LogP contribution in [-0.4, -0.2) is 0 Å². The third-order valence-electron chi connectivity index (χ3n) is 0. The molecule has 0 spiro atoms. The monoisotopic (exact) mass is 221 g/mol. The van der Waals surface area contributed by atoms with Crippen LogP contribution in [0.5, 0.6) is 0 Å². The summed E-state index contributed by atoms with van der Waals surface area (Å²) in [6, 6.07) is 0. The van der Waals surface area contributed by atoms with E-state index in [4.69, 9.17) is 0 Å². The van der Waals surface area contributed by atoms with Crippen LogP contribution in [0, 0.1) is 0 Å². The van der Waals surface area contributed by atoms with Crippen molar-refractivity contribution >= 4 is 0 Å². The van der Waals surface area contributed by atoms with E-state index in [2.05, 4.69) is 0 Å². The van der Waals surface area contributed by atoms with E-state index in [1.165, 1.54) is 0 Å². The van der Waals surface area contributed by atoms with Crippen LogP contribution in [0.1, 0.15) is 0 Å². The van der Waals surface area contributed by atoms with Crippen molar-refractivity contribution in [1.82, 2.24) is 0 Å². The molecule has 0 amide bonds. The van der Waals surface area contributed by atoms with Gasteiger partial charge in [0, 0.05) is 18.6 Å². The Bertz CT molecular complexity index is 8.00. The van der Waals surface area contributed by atoms with Crippen molar-refractivity contribution in [2.45, 2.75) is 0 Å². The summed E-state index contributed by atoms with van der Waals surface area (Å²) in [6.45, 7) is 0. The van der Waals surface area contributed by atoms with Gasteiger partial charge in [-0.15, -0.1) is 0 Å². The summed E-state index contributed by atoms with van der Waals surface area (Å²) in [5, 5.41) is 0. The second-order valence-corrected chi connectivity index (χ2v) is 0. The van der Waals surface area contributed by atoms with Crippen molar-refractivity contribution in [3.05, 3.63) is 0 Å². The molecule has 0 N–H and O–H groups in total. The molecule has 0 fully saturated rings.